The molecule has 1 aromatic heterocycles. The summed E-state index contributed by atoms with van der Waals surface area (Å²) in [5.41, 5.74) is 1.79. The maximum atomic E-state index is 12.4. The van der Waals surface area contributed by atoms with Crippen LogP contribution in [0.4, 0.5) is 0 Å². The van der Waals surface area contributed by atoms with Crippen molar-refractivity contribution in [2.75, 3.05) is 7.11 Å². The molecule has 1 atom stereocenters. The lowest BCUT2D eigenvalue weighted by Gasteiger charge is -2.18. The van der Waals surface area contributed by atoms with Crippen LogP contribution in [0.3, 0.4) is 0 Å². The lowest BCUT2D eigenvalue weighted by molar-refractivity contribution is 0.405. The van der Waals surface area contributed by atoms with E-state index in [1.165, 1.54) is 18.3 Å². The standard InChI is InChI=1S/C15H17ClN2O3S/c1-10-4-6-14(21-3)13(8-10)11(2)18-22(19,20)12-5-7-15(16)17-9-12/h4-9,11,18H,1-3H3. The average Bonchev–Trinajstić information content (AvgIpc) is 2.47. The van der Waals surface area contributed by atoms with Gasteiger partial charge in [0.2, 0.25) is 10.0 Å². The van der Waals surface area contributed by atoms with Crippen molar-refractivity contribution >= 4 is 21.6 Å². The Morgan fingerprint density at radius 1 is 1.27 bits per heavy atom. The zero-order chi connectivity index (χ0) is 16.3. The van der Waals surface area contributed by atoms with Crippen LogP contribution >= 0.6 is 11.6 Å². The van der Waals surface area contributed by atoms with Gasteiger partial charge in [-0.05, 0) is 32.0 Å². The van der Waals surface area contributed by atoms with E-state index in [4.69, 9.17) is 16.3 Å². The Morgan fingerprint density at radius 3 is 2.59 bits per heavy atom. The number of aryl methyl sites for hydroxylation is 1. The van der Waals surface area contributed by atoms with Crippen LogP contribution in [0, 0.1) is 6.92 Å². The van der Waals surface area contributed by atoms with Crippen molar-refractivity contribution in [3.63, 3.8) is 0 Å². The first-order chi connectivity index (χ1) is 10.3. The molecule has 0 saturated heterocycles. The molecule has 0 saturated carbocycles. The number of halogens is 1. The van der Waals surface area contributed by atoms with E-state index in [9.17, 15) is 8.42 Å². The minimum atomic E-state index is -3.69. The molecule has 0 aliphatic heterocycles. The van der Waals surface area contributed by atoms with Gasteiger partial charge in [-0.2, -0.15) is 0 Å². The predicted molar refractivity (Wildman–Crippen MR) is 85.7 cm³/mol. The number of pyridine rings is 1. The highest BCUT2D eigenvalue weighted by Crippen LogP contribution is 2.27. The minimum absolute atomic E-state index is 0.0652. The molecule has 118 valence electrons. The van der Waals surface area contributed by atoms with E-state index in [1.807, 2.05) is 25.1 Å². The van der Waals surface area contributed by atoms with Gasteiger partial charge in [0.15, 0.2) is 0 Å². The molecule has 1 aromatic carbocycles. The highest BCUT2D eigenvalue weighted by molar-refractivity contribution is 7.89. The average molecular weight is 341 g/mol. The monoisotopic (exact) mass is 340 g/mol. The largest absolute Gasteiger partial charge is 0.496 e. The summed E-state index contributed by atoms with van der Waals surface area (Å²) in [5.74, 6) is 0.634. The van der Waals surface area contributed by atoms with Gasteiger partial charge in [0.05, 0.1) is 7.11 Å². The molecule has 0 spiro atoms. The van der Waals surface area contributed by atoms with Crippen molar-refractivity contribution in [2.24, 2.45) is 0 Å². The Balaban J connectivity index is 2.29. The summed E-state index contributed by atoms with van der Waals surface area (Å²) in [6.07, 6.45) is 1.23. The van der Waals surface area contributed by atoms with E-state index < -0.39 is 16.1 Å². The summed E-state index contributed by atoms with van der Waals surface area (Å²) in [5, 5.41) is 0.243. The van der Waals surface area contributed by atoms with Gasteiger partial charge in [0.25, 0.3) is 0 Å². The van der Waals surface area contributed by atoms with Gasteiger partial charge in [0, 0.05) is 17.8 Å². The number of sulfonamides is 1. The Morgan fingerprint density at radius 2 is 2.00 bits per heavy atom. The van der Waals surface area contributed by atoms with E-state index in [0.29, 0.717) is 5.75 Å². The van der Waals surface area contributed by atoms with Gasteiger partial charge in [0.1, 0.15) is 15.8 Å². The van der Waals surface area contributed by atoms with Crippen LogP contribution in [-0.4, -0.2) is 20.5 Å². The van der Waals surface area contributed by atoms with Crippen molar-refractivity contribution in [1.82, 2.24) is 9.71 Å². The van der Waals surface area contributed by atoms with Gasteiger partial charge in [-0.3, -0.25) is 0 Å². The van der Waals surface area contributed by atoms with Crippen molar-refractivity contribution in [1.29, 1.82) is 0 Å². The summed E-state index contributed by atoms with van der Waals surface area (Å²) >= 11 is 5.68. The molecule has 0 amide bonds. The molecule has 0 radical (unpaired) electrons. The van der Waals surface area contributed by atoms with Crippen LogP contribution in [0.1, 0.15) is 24.1 Å². The normalized spacial score (nSPS) is 12.9. The van der Waals surface area contributed by atoms with Crippen LogP contribution in [0.15, 0.2) is 41.4 Å². The highest BCUT2D eigenvalue weighted by Gasteiger charge is 2.21. The molecule has 2 rings (SSSR count). The van der Waals surface area contributed by atoms with Crippen molar-refractivity contribution in [2.45, 2.75) is 24.8 Å². The molecule has 5 nitrogen and oxygen atoms in total. The summed E-state index contributed by atoms with van der Waals surface area (Å²) in [4.78, 5) is 3.86. The third kappa shape index (κ3) is 3.76. The van der Waals surface area contributed by atoms with E-state index in [-0.39, 0.29) is 10.0 Å². The number of ether oxygens (including phenoxy) is 1. The first kappa shape index (κ1) is 16.7. The topological polar surface area (TPSA) is 68.3 Å². The third-order valence-electron chi connectivity index (χ3n) is 3.19. The number of rotatable bonds is 5. The Labute approximate surface area is 135 Å². The summed E-state index contributed by atoms with van der Waals surface area (Å²) < 4.78 is 32.7. The molecule has 0 fully saturated rings. The number of nitrogens with one attached hydrogen (secondary N) is 1. The Kier molecular flexibility index (Phi) is 5.05. The number of hydrogen-bond acceptors (Lipinski definition) is 4. The van der Waals surface area contributed by atoms with Crippen LogP contribution in [0.25, 0.3) is 0 Å². The first-order valence-corrected chi connectivity index (χ1v) is 8.48. The molecule has 0 aliphatic carbocycles. The van der Waals surface area contributed by atoms with Crippen LogP contribution in [-0.2, 0) is 10.0 Å². The quantitative estimate of drug-likeness (QED) is 0.849. The zero-order valence-electron chi connectivity index (χ0n) is 12.5. The Hall–Kier alpha value is -1.63. The maximum absolute atomic E-state index is 12.4. The smallest absolute Gasteiger partial charge is 0.242 e. The number of benzene rings is 1. The molecule has 0 bridgehead atoms. The fourth-order valence-corrected chi connectivity index (χ4v) is 3.36. The summed E-state index contributed by atoms with van der Waals surface area (Å²) in [6, 6.07) is 8.03. The molecule has 1 heterocycles. The molecule has 7 heteroatoms. The zero-order valence-corrected chi connectivity index (χ0v) is 14.1. The second-order valence-electron chi connectivity index (χ2n) is 4.91. The van der Waals surface area contributed by atoms with E-state index in [1.54, 1.807) is 14.0 Å². The van der Waals surface area contributed by atoms with Gasteiger partial charge < -0.3 is 4.74 Å². The van der Waals surface area contributed by atoms with E-state index in [0.717, 1.165) is 11.1 Å². The minimum Gasteiger partial charge on any atom is -0.496 e. The van der Waals surface area contributed by atoms with Crippen molar-refractivity contribution in [3.05, 3.63) is 52.8 Å². The first-order valence-electron chi connectivity index (χ1n) is 6.62. The number of methoxy groups -OCH3 is 1. The van der Waals surface area contributed by atoms with Gasteiger partial charge in [-0.15, -0.1) is 0 Å². The fraction of sp³-hybridized carbons (Fsp3) is 0.267. The van der Waals surface area contributed by atoms with Crippen LogP contribution in [0.2, 0.25) is 5.15 Å². The number of hydrogen-bond donors (Lipinski definition) is 1. The fourth-order valence-electron chi connectivity index (χ4n) is 2.08. The molecule has 22 heavy (non-hydrogen) atoms. The van der Waals surface area contributed by atoms with E-state index >= 15 is 0 Å². The summed E-state index contributed by atoms with van der Waals surface area (Å²) in [6.45, 7) is 3.70. The third-order valence-corrected chi connectivity index (χ3v) is 4.94. The molecular weight excluding hydrogens is 324 g/mol. The second kappa shape index (κ2) is 6.64. The van der Waals surface area contributed by atoms with Gasteiger partial charge >= 0.3 is 0 Å². The lowest BCUT2D eigenvalue weighted by Crippen LogP contribution is -2.27. The molecule has 1 unspecified atom stereocenters. The van der Waals surface area contributed by atoms with Crippen LogP contribution in [0.5, 0.6) is 5.75 Å². The molecular formula is C15H17ClN2O3S. The van der Waals surface area contributed by atoms with E-state index in [2.05, 4.69) is 9.71 Å². The van der Waals surface area contributed by atoms with Gasteiger partial charge in [-0.1, -0.05) is 29.3 Å². The maximum Gasteiger partial charge on any atom is 0.242 e. The predicted octanol–water partition coefficient (Wildman–Crippen LogP) is 3.09. The highest BCUT2D eigenvalue weighted by atomic mass is 35.5. The molecule has 0 aliphatic rings. The Bertz CT molecular complexity index is 761. The van der Waals surface area contributed by atoms with Gasteiger partial charge in [-0.25, -0.2) is 18.1 Å². The SMILES string of the molecule is COc1ccc(C)cc1C(C)NS(=O)(=O)c1ccc(Cl)nc1. The summed E-state index contributed by atoms with van der Waals surface area (Å²) in [7, 11) is -2.13. The van der Waals surface area contributed by atoms with Crippen LogP contribution < -0.4 is 9.46 Å². The molecule has 1 N–H and O–H groups in total. The van der Waals surface area contributed by atoms with Crippen molar-refractivity contribution < 1.29 is 13.2 Å². The number of nitrogens with zero attached hydrogens (tertiary/aromatic N) is 1. The lowest BCUT2D eigenvalue weighted by atomic mass is 10.1. The number of aromatic nitrogens is 1. The van der Waals surface area contributed by atoms with Crippen molar-refractivity contribution in [3.8, 4) is 5.75 Å². The second-order valence-corrected chi connectivity index (χ2v) is 7.01. The molecule has 2 aromatic rings.